The Morgan fingerprint density at radius 3 is 2.92 bits per heavy atom. The molecule has 0 saturated heterocycles. The molecule has 1 aromatic rings. The standard InChI is InChI=1S/C8H15N3S/c1-6(9-3)4-10-8-11-7(2)5-12-8/h5-6,9H,4H2,1-3H3,(H,10,11). The minimum atomic E-state index is 0.481. The molecule has 68 valence electrons. The van der Waals surface area contributed by atoms with Crippen molar-refractivity contribution in [2.45, 2.75) is 19.9 Å². The van der Waals surface area contributed by atoms with Gasteiger partial charge in [0.25, 0.3) is 0 Å². The first kappa shape index (κ1) is 9.48. The van der Waals surface area contributed by atoms with Gasteiger partial charge in [-0.2, -0.15) is 0 Å². The molecule has 0 aliphatic heterocycles. The van der Waals surface area contributed by atoms with E-state index in [0.717, 1.165) is 17.4 Å². The van der Waals surface area contributed by atoms with Gasteiger partial charge in [0.2, 0.25) is 0 Å². The van der Waals surface area contributed by atoms with Crippen molar-refractivity contribution in [2.75, 3.05) is 18.9 Å². The van der Waals surface area contributed by atoms with Crippen molar-refractivity contribution in [3.8, 4) is 0 Å². The number of nitrogens with one attached hydrogen (secondary N) is 2. The Balaban J connectivity index is 2.33. The highest BCUT2D eigenvalue weighted by atomic mass is 32.1. The molecule has 1 aromatic heterocycles. The van der Waals surface area contributed by atoms with Gasteiger partial charge in [-0.25, -0.2) is 4.98 Å². The van der Waals surface area contributed by atoms with E-state index in [4.69, 9.17) is 0 Å². The fraction of sp³-hybridized carbons (Fsp3) is 0.625. The molecule has 2 N–H and O–H groups in total. The monoisotopic (exact) mass is 185 g/mol. The maximum absolute atomic E-state index is 4.30. The van der Waals surface area contributed by atoms with E-state index in [-0.39, 0.29) is 0 Å². The third kappa shape index (κ3) is 2.79. The van der Waals surface area contributed by atoms with Crippen LogP contribution >= 0.6 is 11.3 Å². The summed E-state index contributed by atoms with van der Waals surface area (Å²) in [6, 6.07) is 0.481. The van der Waals surface area contributed by atoms with Crippen molar-refractivity contribution in [2.24, 2.45) is 0 Å². The average Bonchev–Trinajstić information content (AvgIpc) is 2.47. The Morgan fingerprint density at radius 1 is 1.67 bits per heavy atom. The van der Waals surface area contributed by atoms with E-state index in [1.54, 1.807) is 11.3 Å². The molecule has 1 rings (SSSR count). The van der Waals surface area contributed by atoms with Crippen LogP contribution in [0.2, 0.25) is 0 Å². The van der Waals surface area contributed by atoms with E-state index in [2.05, 4.69) is 22.5 Å². The van der Waals surface area contributed by atoms with Gasteiger partial charge >= 0.3 is 0 Å². The lowest BCUT2D eigenvalue weighted by Gasteiger charge is -2.09. The molecule has 12 heavy (non-hydrogen) atoms. The third-order valence-electron chi connectivity index (χ3n) is 1.67. The molecule has 0 saturated carbocycles. The molecule has 0 fully saturated rings. The molecule has 1 unspecified atom stereocenters. The number of anilines is 1. The average molecular weight is 185 g/mol. The number of aromatic nitrogens is 1. The molecular formula is C8H15N3S. The maximum Gasteiger partial charge on any atom is 0.182 e. The molecular weight excluding hydrogens is 170 g/mol. The lowest BCUT2D eigenvalue weighted by Crippen LogP contribution is -2.29. The molecule has 0 aliphatic rings. The number of thiazole rings is 1. The summed E-state index contributed by atoms with van der Waals surface area (Å²) < 4.78 is 0. The smallest absolute Gasteiger partial charge is 0.182 e. The molecule has 3 nitrogen and oxygen atoms in total. The maximum atomic E-state index is 4.30. The molecule has 0 aromatic carbocycles. The van der Waals surface area contributed by atoms with E-state index in [9.17, 15) is 0 Å². The zero-order chi connectivity index (χ0) is 8.97. The number of likely N-dealkylation sites (N-methyl/N-ethyl adjacent to an activating group) is 1. The second kappa shape index (κ2) is 4.42. The predicted octanol–water partition coefficient (Wildman–Crippen LogP) is 1.47. The Kier molecular flexibility index (Phi) is 3.49. The first-order chi connectivity index (χ1) is 5.72. The van der Waals surface area contributed by atoms with Gasteiger partial charge in [-0.1, -0.05) is 0 Å². The SMILES string of the molecule is CNC(C)CNc1nc(C)cs1. The summed E-state index contributed by atoms with van der Waals surface area (Å²) in [4.78, 5) is 4.30. The summed E-state index contributed by atoms with van der Waals surface area (Å²) in [5.41, 5.74) is 1.08. The molecule has 0 amide bonds. The molecule has 1 atom stereocenters. The minimum absolute atomic E-state index is 0.481. The lowest BCUT2D eigenvalue weighted by molar-refractivity contribution is 0.638. The van der Waals surface area contributed by atoms with Crippen LogP contribution in [0.4, 0.5) is 5.13 Å². The van der Waals surface area contributed by atoms with E-state index < -0.39 is 0 Å². The van der Waals surface area contributed by atoms with Gasteiger partial charge in [0, 0.05) is 18.0 Å². The fourth-order valence-corrected chi connectivity index (χ4v) is 1.48. The van der Waals surface area contributed by atoms with Crippen LogP contribution in [-0.4, -0.2) is 24.6 Å². The third-order valence-corrected chi connectivity index (χ3v) is 2.59. The topological polar surface area (TPSA) is 37.0 Å². The van der Waals surface area contributed by atoms with E-state index >= 15 is 0 Å². The highest BCUT2D eigenvalue weighted by molar-refractivity contribution is 7.13. The van der Waals surface area contributed by atoms with E-state index in [0.29, 0.717) is 6.04 Å². The Morgan fingerprint density at radius 2 is 2.42 bits per heavy atom. The minimum Gasteiger partial charge on any atom is -0.360 e. The Labute approximate surface area is 77.2 Å². The van der Waals surface area contributed by atoms with Gasteiger partial charge in [-0.3, -0.25) is 0 Å². The van der Waals surface area contributed by atoms with E-state index in [1.807, 2.05) is 19.4 Å². The fourth-order valence-electron chi connectivity index (χ4n) is 0.778. The number of nitrogens with zero attached hydrogens (tertiary/aromatic N) is 1. The van der Waals surface area contributed by atoms with E-state index in [1.165, 1.54) is 0 Å². The van der Waals surface area contributed by atoms with Crippen LogP contribution in [0.1, 0.15) is 12.6 Å². The van der Waals surface area contributed by atoms with Gasteiger partial charge in [0.1, 0.15) is 0 Å². The van der Waals surface area contributed by atoms with Gasteiger partial charge < -0.3 is 10.6 Å². The zero-order valence-corrected chi connectivity index (χ0v) is 8.53. The second-order valence-electron chi connectivity index (χ2n) is 2.86. The molecule has 0 aliphatic carbocycles. The van der Waals surface area contributed by atoms with Crippen LogP contribution in [0.25, 0.3) is 0 Å². The van der Waals surface area contributed by atoms with Crippen LogP contribution in [0, 0.1) is 6.92 Å². The van der Waals surface area contributed by atoms with Crippen LogP contribution in [0.5, 0.6) is 0 Å². The van der Waals surface area contributed by atoms with Crippen molar-refractivity contribution >= 4 is 16.5 Å². The summed E-state index contributed by atoms with van der Waals surface area (Å²) >= 11 is 1.65. The van der Waals surface area contributed by atoms with Gasteiger partial charge in [0.15, 0.2) is 5.13 Å². The number of hydrogen-bond donors (Lipinski definition) is 2. The van der Waals surface area contributed by atoms with Crippen molar-refractivity contribution in [1.29, 1.82) is 0 Å². The summed E-state index contributed by atoms with van der Waals surface area (Å²) in [6.45, 7) is 5.06. The molecule has 0 radical (unpaired) electrons. The lowest BCUT2D eigenvalue weighted by atomic mass is 10.3. The molecule has 4 heteroatoms. The summed E-state index contributed by atoms with van der Waals surface area (Å²) in [5, 5.41) is 9.47. The molecule has 0 spiro atoms. The van der Waals surface area contributed by atoms with Gasteiger partial charge in [0.05, 0.1) is 5.69 Å². The van der Waals surface area contributed by atoms with Gasteiger partial charge in [-0.05, 0) is 20.9 Å². The van der Waals surface area contributed by atoms with Crippen molar-refractivity contribution in [3.63, 3.8) is 0 Å². The number of aryl methyl sites for hydroxylation is 1. The first-order valence-corrected chi connectivity index (χ1v) is 4.93. The van der Waals surface area contributed by atoms with Crippen LogP contribution in [-0.2, 0) is 0 Å². The molecule has 0 bridgehead atoms. The first-order valence-electron chi connectivity index (χ1n) is 4.05. The quantitative estimate of drug-likeness (QED) is 0.746. The molecule has 1 heterocycles. The van der Waals surface area contributed by atoms with Crippen LogP contribution in [0.3, 0.4) is 0 Å². The van der Waals surface area contributed by atoms with Crippen molar-refractivity contribution in [1.82, 2.24) is 10.3 Å². The normalized spacial score (nSPS) is 12.9. The summed E-state index contributed by atoms with van der Waals surface area (Å²) in [7, 11) is 1.96. The predicted molar refractivity (Wildman–Crippen MR) is 53.9 cm³/mol. The number of rotatable bonds is 4. The van der Waals surface area contributed by atoms with Crippen LogP contribution in [0.15, 0.2) is 5.38 Å². The Hall–Kier alpha value is -0.610. The number of hydrogen-bond acceptors (Lipinski definition) is 4. The van der Waals surface area contributed by atoms with Crippen LogP contribution < -0.4 is 10.6 Å². The van der Waals surface area contributed by atoms with Crippen molar-refractivity contribution < 1.29 is 0 Å². The van der Waals surface area contributed by atoms with Crippen molar-refractivity contribution in [3.05, 3.63) is 11.1 Å². The Bertz CT molecular complexity index is 234. The summed E-state index contributed by atoms with van der Waals surface area (Å²) in [6.07, 6.45) is 0. The second-order valence-corrected chi connectivity index (χ2v) is 3.72. The zero-order valence-electron chi connectivity index (χ0n) is 7.72. The largest absolute Gasteiger partial charge is 0.360 e. The summed E-state index contributed by atoms with van der Waals surface area (Å²) in [5.74, 6) is 0. The highest BCUT2D eigenvalue weighted by Crippen LogP contribution is 2.13. The van der Waals surface area contributed by atoms with Gasteiger partial charge in [-0.15, -0.1) is 11.3 Å². The highest BCUT2D eigenvalue weighted by Gasteiger charge is 1.99.